The standard InChI is InChI=1S/C15H18FNO3/c1-15(2,3)20-14(19)12-8-9-13(18)17(12)11-6-4-10(16)5-7-11/h4-7,12H,8-9H2,1-3H3. The van der Waals surface area contributed by atoms with E-state index in [0.29, 0.717) is 18.5 Å². The van der Waals surface area contributed by atoms with Crippen LogP contribution >= 0.6 is 0 Å². The predicted molar refractivity (Wildman–Crippen MR) is 72.8 cm³/mol. The molecule has 1 fully saturated rings. The van der Waals surface area contributed by atoms with Gasteiger partial charge in [-0.2, -0.15) is 0 Å². The number of benzene rings is 1. The third-order valence-corrected chi connectivity index (χ3v) is 3.00. The Hall–Kier alpha value is -1.91. The van der Waals surface area contributed by atoms with E-state index < -0.39 is 17.6 Å². The van der Waals surface area contributed by atoms with Crippen molar-refractivity contribution in [2.24, 2.45) is 0 Å². The predicted octanol–water partition coefficient (Wildman–Crippen LogP) is 2.66. The lowest BCUT2D eigenvalue weighted by molar-refractivity contribution is -0.156. The highest BCUT2D eigenvalue weighted by atomic mass is 19.1. The quantitative estimate of drug-likeness (QED) is 0.782. The Bertz CT molecular complexity index is 519. The van der Waals surface area contributed by atoms with Gasteiger partial charge in [-0.05, 0) is 51.5 Å². The molecular weight excluding hydrogens is 261 g/mol. The molecular formula is C15H18FNO3. The first kappa shape index (κ1) is 14.5. The topological polar surface area (TPSA) is 46.6 Å². The summed E-state index contributed by atoms with van der Waals surface area (Å²) in [6, 6.07) is 4.90. The molecule has 0 aliphatic carbocycles. The lowest BCUT2D eigenvalue weighted by Crippen LogP contribution is -2.42. The van der Waals surface area contributed by atoms with E-state index in [4.69, 9.17) is 4.74 Å². The molecule has 0 bridgehead atoms. The summed E-state index contributed by atoms with van der Waals surface area (Å²) < 4.78 is 18.3. The molecule has 20 heavy (non-hydrogen) atoms. The van der Waals surface area contributed by atoms with Gasteiger partial charge in [0.1, 0.15) is 17.5 Å². The van der Waals surface area contributed by atoms with E-state index in [1.54, 1.807) is 20.8 Å². The van der Waals surface area contributed by atoms with E-state index in [1.165, 1.54) is 29.2 Å². The van der Waals surface area contributed by atoms with E-state index in [9.17, 15) is 14.0 Å². The van der Waals surface area contributed by atoms with Gasteiger partial charge in [-0.15, -0.1) is 0 Å². The maximum absolute atomic E-state index is 13.0. The normalized spacial score (nSPS) is 19.3. The fourth-order valence-corrected chi connectivity index (χ4v) is 2.20. The van der Waals surface area contributed by atoms with Gasteiger partial charge in [0, 0.05) is 12.1 Å². The van der Waals surface area contributed by atoms with Crippen LogP contribution in [0.4, 0.5) is 10.1 Å². The molecule has 1 amide bonds. The van der Waals surface area contributed by atoms with Gasteiger partial charge in [-0.3, -0.25) is 9.69 Å². The molecule has 1 aliphatic rings. The number of esters is 1. The summed E-state index contributed by atoms with van der Waals surface area (Å²) in [5, 5.41) is 0. The zero-order chi connectivity index (χ0) is 14.9. The minimum absolute atomic E-state index is 0.146. The molecule has 0 saturated carbocycles. The Labute approximate surface area is 117 Å². The number of nitrogens with zero attached hydrogens (tertiary/aromatic N) is 1. The number of carbonyl (C=O) groups is 2. The Morgan fingerprint density at radius 3 is 2.45 bits per heavy atom. The monoisotopic (exact) mass is 279 g/mol. The maximum atomic E-state index is 13.0. The van der Waals surface area contributed by atoms with Crippen molar-refractivity contribution >= 4 is 17.6 Å². The second kappa shape index (κ2) is 5.23. The highest BCUT2D eigenvalue weighted by Crippen LogP contribution is 2.28. The molecule has 1 aromatic rings. The molecule has 1 aliphatic heterocycles. The highest BCUT2D eigenvalue weighted by Gasteiger charge is 2.39. The summed E-state index contributed by atoms with van der Waals surface area (Å²) >= 11 is 0. The van der Waals surface area contributed by atoms with Crippen LogP contribution < -0.4 is 4.90 Å². The number of anilines is 1. The SMILES string of the molecule is CC(C)(C)OC(=O)C1CCC(=O)N1c1ccc(F)cc1. The van der Waals surface area contributed by atoms with Gasteiger partial charge in [0.05, 0.1) is 0 Å². The van der Waals surface area contributed by atoms with Crippen molar-refractivity contribution < 1.29 is 18.7 Å². The van der Waals surface area contributed by atoms with Crippen LogP contribution in [0.1, 0.15) is 33.6 Å². The van der Waals surface area contributed by atoms with Crippen molar-refractivity contribution in [3.8, 4) is 0 Å². The van der Waals surface area contributed by atoms with Gasteiger partial charge >= 0.3 is 5.97 Å². The molecule has 2 rings (SSSR count). The van der Waals surface area contributed by atoms with E-state index in [1.807, 2.05) is 0 Å². The van der Waals surface area contributed by atoms with Gasteiger partial charge in [-0.1, -0.05) is 0 Å². The number of rotatable bonds is 2. The largest absolute Gasteiger partial charge is 0.458 e. The first-order valence-corrected chi connectivity index (χ1v) is 6.58. The van der Waals surface area contributed by atoms with Crippen LogP contribution in [0.2, 0.25) is 0 Å². The van der Waals surface area contributed by atoms with Gasteiger partial charge in [0.2, 0.25) is 5.91 Å². The van der Waals surface area contributed by atoms with Gasteiger partial charge in [0.25, 0.3) is 0 Å². The number of halogens is 1. The summed E-state index contributed by atoms with van der Waals surface area (Å²) in [5.74, 6) is -0.950. The average molecular weight is 279 g/mol. The first-order chi connectivity index (χ1) is 9.28. The Balaban J connectivity index is 2.23. The van der Waals surface area contributed by atoms with Crippen LogP contribution in [0.3, 0.4) is 0 Å². The molecule has 1 aromatic carbocycles. The van der Waals surface area contributed by atoms with E-state index in [-0.39, 0.29) is 11.7 Å². The summed E-state index contributed by atoms with van der Waals surface area (Å²) in [6.07, 6.45) is 0.715. The van der Waals surface area contributed by atoms with Crippen molar-refractivity contribution in [2.75, 3.05) is 4.90 Å². The van der Waals surface area contributed by atoms with E-state index in [0.717, 1.165) is 0 Å². The molecule has 0 radical (unpaired) electrons. The lowest BCUT2D eigenvalue weighted by atomic mass is 10.1. The van der Waals surface area contributed by atoms with E-state index >= 15 is 0 Å². The molecule has 5 heteroatoms. The summed E-state index contributed by atoms with van der Waals surface area (Å²) in [6.45, 7) is 5.34. The maximum Gasteiger partial charge on any atom is 0.329 e. The Morgan fingerprint density at radius 2 is 1.90 bits per heavy atom. The molecule has 0 spiro atoms. The van der Waals surface area contributed by atoms with Crippen molar-refractivity contribution in [3.05, 3.63) is 30.1 Å². The second-order valence-corrected chi connectivity index (χ2v) is 5.83. The van der Waals surface area contributed by atoms with Crippen molar-refractivity contribution in [2.45, 2.75) is 45.3 Å². The number of hydrogen-bond acceptors (Lipinski definition) is 3. The Morgan fingerprint density at radius 1 is 1.30 bits per heavy atom. The zero-order valence-corrected chi connectivity index (χ0v) is 11.9. The molecule has 0 aromatic heterocycles. The fourth-order valence-electron chi connectivity index (χ4n) is 2.20. The Kier molecular flexibility index (Phi) is 3.79. The number of hydrogen-bond donors (Lipinski definition) is 0. The van der Waals surface area contributed by atoms with Gasteiger partial charge in [0.15, 0.2) is 0 Å². The van der Waals surface area contributed by atoms with Crippen molar-refractivity contribution in [3.63, 3.8) is 0 Å². The third kappa shape index (κ3) is 3.15. The molecule has 4 nitrogen and oxygen atoms in total. The van der Waals surface area contributed by atoms with Crippen LogP contribution in [-0.2, 0) is 14.3 Å². The third-order valence-electron chi connectivity index (χ3n) is 3.00. The number of ether oxygens (including phenoxy) is 1. The van der Waals surface area contributed by atoms with Crippen LogP contribution in [0.25, 0.3) is 0 Å². The first-order valence-electron chi connectivity index (χ1n) is 6.58. The minimum atomic E-state index is -0.632. The molecule has 1 heterocycles. The van der Waals surface area contributed by atoms with Crippen LogP contribution in [0.5, 0.6) is 0 Å². The molecule has 0 N–H and O–H groups in total. The van der Waals surface area contributed by atoms with E-state index in [2.05, 4.69) is 0 Å². The number of amides is 1. The van der Waals surface area contributed by atoms with Gasteiger partial charge in [-0.25, -0.2) is 9.18 Å². The number of carbonyl (C=O) groups excluding carboxylic acids is 2. The lowest BCUT2D eigenvalue weighted by Gasteiger charge is -2.27. The van der Waals surface area contributed by atoms with Crippen LogP contribution in [0, 0.1) is 5.82 Å². The van der Waals surface area contributed by atoms with Crippen LogP contribution in [-0.4, -0.2) is 23.5 Å². The molecule has 1 saturated heterocycles. The second-order valence-electron chi connectivity index (χ2n) is 5.83. The average Bonchev–Trinajstić information content (AvgIpc) is 2.70. The molecule has 1 unspecified atom stereocenters. The van der Waals surface area contributed by atoms with Crippen molar-refractivity contribution in [1.82, 2.24) is 0 Å². The van der Waals surface area contributed by atoms with Gasteiger partial charge < -0.3 is 4.74 Å². The minimum Gasteiger partial charge on any atom is -0.458 e. The molecule has 108 valence electrons. The molecule has 1 atom stereocenters. The summed E-state index contributed by atoms with van der Waals surface area (Å²) in [5.41, 5.74) is -0.0817. The summed E-state index contributed by atoms with van der Waals surface area (Å²) in [7, 11) is 0. The van der Waals surface area contributed by atoms with Crippen molar-refractivity contribution in [1.29, 1.82) is 0 Å². The highest BCUT2D eigenvalue weighted by molar-refractivity contribution is 6.02. The summed E-state index contributed by atoms with van der Waals surface area (Å²) in [4.78, 5) is 25.5. The zero-order valence-electron chi connectivity index (χ0n) is 11.9. The smallest absolute Gasteiger partial charge is 0.329 e. The van der Waals surface area contributed by atoms with Crippen LogP contribution in [0.15, 0.2) is 24.3 Å². The fraction of sp³-hybridized carbons (Fsp3) is 0.467.